The second kappa shape index (κ2) is 18.4. The van der Waals surface area contributed by atoms with Crippen LogP contribution in [0.5, 0.6) is 0 Å². The lowest BCUT2D eigenvalue weighted by molar-refractivity contribution is -0.144. The van der Waals surface area contributed by atoms with E-state index in [2.05, 4.69) is 16.0 Å². The highest BCUT2D eigenvalue weighted by Crippen LogP contribution is 2.32. The predicted octanol–water partition coefficient (Wildman–Crippen LogP) is 1.48. The number of amides is 4. The average Bonchev–Trinajstić information content (AvgIpc) is 3.35. The SMILES string of the molecule is NCCCCC(NC(=O)C1(NC(=O)C(Cc2ccccc2)NC(=O)C(N)Cc2ccccc2)CCCCC1)C(=O)N1CC2CCC(C1)N2CC(=O)O. The van der Waals surface area contributed by atoms with Crippen LogP contribution in [0, 0.1) is 0 Å². The van der Waals surface area contributed by atoms with Gasteiger partial charge in [0, 0.05) is 31.6 Å². The molecule has 0 spiro atoms. The Labute approximate surface area is 306 Å². The van der Waals surface area contributed by atoms with Crippen molar-refractivity contribution < 1.29 is 29.1 Å². The molecule has 8 N–H and O–H groups in total. The van der Waals surface area contributed by atoms with E-state index in [0.717, 1.165) is 30.4 Å². The molecule has 2 heterocycles. The van der Waals surface area contributed by atoms with Gasteiger partial charge < -0.3 is 37.4 Å². The van der Waals surface area contributed by atoms with Crippen LogP contribution in [0.15, 0.2) is 60.7 Å². The molecular weight excluding hydrogens is 662 g/mol. The Morgan fingerprint density at radius 1 is 0.788 bits per heavy atom. The zero-order valence-corrected chi connectivity index (χ0v) is 30.0. The van der Waals surface area contributed by atoms with E-state index in [9.17, 15) is 29.1 Å². The minimum absolute atomic E-state index is 0.0410. The van der Waals surface area contributed by atoms with E-state index < -0.39 is 47.4 Å². The lowest BCUT2D eigenvalue weighted by Gasteiger charge is -2.42. The Hall–Kier alpha value is -4.33. The van der Waals surface area contributed by atoms with Gasteiger partial charge in [0.2, 0.25) is 23.6 Å². The summed E-state index contributed by atoms with van der Waals surface area (Å²) in [5.74, 6) is -2.45. The normalized spacial score (nSPS) is 21.4. The van der Waals surface area contributed by atoms with Crippen molar-refractivity contribution in [2.45, 2.75) is 113 Å². The molecule has 5 unspecified atom stereocenters. The Morgan fingerprint density at radius 2 is 1.38 bits per heavy atom. The van der Waals surface area contributed by atoms with Gasteiger partial charge in [-0.2, -0.15) is 0 Å². The molecule has 2 saturated heterocycles. The molecule has 2 aromatic rings. The maximum absolute atomic E-state index is 14.4. The molecule has 2 aliphatic heterocycles. The number of hydrogen-bond acceptors (Lipinski definition) is 8. The van der Waals surface area contributed by atoms with Crippen LogP contribution >= 0.6 is 0 Å². The number of benzene rings is 2. The van der Waals surface area contributed by atoms with Crippen molar-refractivity contribution in [3.05, 3.63) is 71.8 Å². The van der Waals surface area contributed by atoms with E-state index in [0.29, 0.717) is 71.0 Å². The van der Waals surface area contributed by atoms with Gasteiger partial charge in [-0.05, 0) is 69.0 Å². The third kappa shape index (κ3) is 10.2. The first-order chi connectivity index (χ1) is 25.1. The number of piperazine rings is 1. The van der Waals surface area contributed by atoms with Gasteiger partial charge in [-0.3, -0.25) is 28.9 Å². The van der Waals surface area contributed by atoms with Gasteiger partial charge in [-0.25, -0.2) is 0 Å². The van der Waals surface area contributed by atoms with Crippen LogP contribution in [-0.2, 0) is 36.8 Å². The highest BCUT2D eigenvalue weighted by Gasteiger charge is 2.46. The van der Waals surface area contributed by atoms with E-state index in [-0.39, 0.29) is 31.0 Å². The van der Waals surface area contributed by atoms with Crippen LogP contribution in [0.25, 0.3) is 0 Å². The van der Waals surface area contributed by atoms with Gasteiger partial charge in [0.1, 0.15) is 17.6 Å². The fraction of sp³-hybridized carbons (Fsp3) is 0.564. The maximum atomic E-state index is 14.4. The van der Waals surface area contributed by atoms with Gasteiger partial charge in [0.05, 0.1) is 12.6 Å². The molecule has 3 fully saturated rings. The number of fused-ring (bicyclic) bond motifs is 2. The highest BCUT2D eigenvalue weighted by molar-refractivity contribution is 5.97. The number of carboxylic acid groups (broad SMARTS) is 1. The lowest BCUT2D eigenvalue weighted by Crippen LogP contribution is -2.66. The maximum Gasteiger partial charge on any atom is 0.317 e. The number of nitrogens with two attached hydrogens (primary N) is 2. The molecule has 52 heavy (non-hydrogen) atoms. The molecule has 1 aliphatic carbocycles. The van der Waals surface area contributed by atoms with E-state index in [1.54, 1.807) is 4.90 Å². The van der Waals surface area contributed by atoms with Crippen LogP contribution in [0.4, 0.5) is 0 Å². The number of unbranched alkanes of at least 4 members (excludes halogenated alkanes) is 1. The zero-order chi connectivity index (χ0) is 37.1. The second-order valence-electron chi connectivity index (χ2n) is 14.7. The number of hydrogen-bond donors (Lipinski definition) is 6. The third-order valence-electron chi connectivity index (χ3n) is 10.9. The standard InChI is InChI=1S/C39H55N7O6/c40-21-11-8-16-32(37(51)45-24-29-17-18-30(25-45)46(29)26-34(47)48)43-38(52)39(19-9-3-10-20-39)44-36(50)33(23-28-14-6-2-7-15-28)42-35(49)31(41)22-27-12-4-1-5-13-27/h1-2,4-7,12-15,29-33H,3,8-11,16-26,40-41H2,(H,42,49)(H,43,52)(H,44,50)(H,47,48). The molecule has 3 aliphatic rings. The van der Waals surface area contributed by atoms with Crippen molar-refractivity contribution in [2.75, 3.05) is 26.2 Å². The quantitative estimate of drug-likeness (QED) is 0.131. The Bertz CT molecular complexity index is 1510. The first-order valence-corrected chi connectivity index (χ1v) is 18.8. The number of nitrogens with zero attached hydrogens (tertiary/aromatic N) is 2. The minimum Gasteiger partial charge on any atom is -0.480 e. The average molecular weight is 718 g/mol. The lowest BCUT2D eigenvalue weighted by atomic mass is 9.80. The summed E-state index contributed by atoms with van der Waals surface area (Å²) < 4.78 is 0. The fourth-order valence-corrected chi connectivity index (χ4v) is 8.04. The van der Waals surface area contributed by atoms with E-state index in [1.165, 1.54) is 0 Å². The summed E-state index contributed by atoms with van der Waals surface area (Å²) in [5, 5.41) is 18.4. The van der Waals surface area contributed by atoms with Gasteiger partial charge in [-0.15, -0.1) is 0 Å². The van der Waals surface area contributed by atoms with E-state index in [1.807, 2.05) is 65.6 Å². The van der Waals surface area contributed by atoms with Crippen molar-refractivity contribution in [1.29, 1.82) is 0 Å². The van der Waals surface area contributed by atoms with Crippen LogP contribution in [0.2, 0.25) is 0 Å². The number of aliphatic carboxylic acids is 1. The molecule has 2 bridgehead atoms. The summed E-state index contributed by atoms with van der Waals surface area (Å²) in [7, 11) is 0. The fourth-order valence-electron chi connectivity index (χ4n) is 8.04. The molecular formula is C39H55N7O6. The summed E-state index contributed by atoms with van der Waals surface area (Å²) in [4.78, 5) is 71.4. The van der Waals surface area contributed by atoms with Gasteiger partial charge in [-0.1, -0.05) is 79.9 Å². The Balaban J connectivity index is 1.32. The van der Waals surface area contributed by atoms with Crippen molar-refractivity contribution in [3.63, 3.8) is 0 Å². The molecule has 13 heteroatoms. The van der Waals surface area contributed by atoms with Crippen LogP contribution in [0.1, 0.15) is 75.3 Å². The van der Waals surface area contributed by atoms with Gasteiger partial charge >= 0.3 is 5.97 Å². The molecule has 5 atom stereocenters. The topological polar surface area (TPSA) is 200 Å². The number of carbonyl (C=O) groups is 5. The Kier molecular flexibility index (Phi) is 13.8. The minimum atomic E-state index is -1.27. The molecule has 282 valence electrons. The van der Waals surface area contributed by atoms with Crippen molar-refractivity contribution >= 4 is 29.6 Å². The molecule has 13 nitrogen and oxygen atoms in total. The van der Waals surface area contributed by atoms with Crippen LogP contribution in [0.3, 0.4) is 0 Å². The Morgan fingerprint density at radius 3 is 1.96 bits per heavy atom. The number of nitrogens with one attached hydrogen (secondary N) is 3. The monoisotopic (exact) mass is 717 g/mol. The van der Waals surface area contributed by atoms with Crippen LogP contribution < -0.4 is 27.4 Å². The van der Waals surface area contributed by atoms with Gasteiger partial charge in [0.25, 0.3) is 0 Å². The summed E-state index contributed by atoms with van der Waals surface area (Å²) in [6.07, 6.45) is 6.97. The van der Waals surface area contributed by atoms with Crippen molar-refractivity contribution in [1.82, 2.24) is 25.8 Å². The van der Waals surface area contributed by atoms with Crippen molar-refractivity contribution in [2.24, 2.45) is 11.5 Å². The first-order valence-electron chi connectivity index (χ1n) is 18.8. The number of carbonyl (C=O) groups excluding carboxylic acids is 4. The number of likely N-dealkylation sites (tertiary alicyclic amines) is 1. The van der Waals surface area contributed by atoms with Crippen molar-refractivity contribution in [3.8, 4) is 0 Å². The predicted molar refractivity (Wildman–Crippen MR) is 197 cm³/mol. The zero-order valence-electron chi connectivity index (χ0n) is 30.0. The molecule has 0 radical (unpaired) electrons. The van der Waals surface area contributed by atoms with Crippen LogP contribution in [-0.4, -0.2) is 106 Å². The largest absolute Gasteiger partial charge is 0.480 e. The number of carboxylic acids is 1. The summed E-state index contributed by atoms with van der Waals surface area (Å²) in [6, 6.07) is 16.0. The smallest absolute Gasteiger partial charge is 0.317 e. The molecule has 2 aromatic carbocycles. The summed E-state index contributed by atoms with van der Waals surface area (Å²) in [6.45, 7) is 1.21. The molecule has 4 amide bonds. The van der Waals surface area contributed by atoms with E-state index >= 15 is 0 Å². The molecule has 5 rings (SSSR count). The third-order valence-corrected chi connectivity index (χ3v) is 10.9. The number of rotatable bonds is 17. The molecule has 0 aromatic heterocycles. The second-order valence-corrected chi connectivity index (χ2v) is 14.7. The summed E-state index contributed by atoms with van der Waals surface area (Å²) in [5.41, 5.74) is 12.6. The first kappa shape index (κ1) is 38.9. The van der Waals surface area contributed by atoms with E-state index in [4.69, 9.17) is 11.5 Å². The summed E-state index contributed by atoms with van der Waals surface area (Å²) >= 11 is 0. The molecule has 1 saturated carbocycles. The van der Waals surface area contributed by atoms with Gasteiger partial charge in [0.15, 0.2) is 0 Å². The highest BCUT2D eigenvalue weighted by atomic mass is 16.4.